The molecule has 0 bridgehead atoms. The van der Waals surface area contributed by atoms with Crippen LogP contribution < -0.4 is 5.32 Å². The van der Waals surface area contributed by atoms with Crippen LogP contribution in [0.25, 0.3) is 0 Å². The second-order valence-corrected chi connectivity index (χ2v) is 1.94. The molecule has 9 heavy (non-hydrogen) atoms. The summed E-state index contributed by atoms with van der Waals surface area (Å²) >= 11 is 0. The first-order valence-corrected chi connectivity index (χ1v) is 2.90. The lowest BCUT2D eigenvalue weighted by Gasteiger charge is -2.03. The second kappa shape index (κ2) is 2.69. The van der Waals surface area contributed by atoms with Crippen LogP contribution in [0.4, 0.5) is 0 Å². The maximum atomic E-state index is 5.08. The van der Waals surface area contributed by atoms with E-state index in [1.807, 2.05) is 19.1 Å². The minimum atomic E-state index is 0.208. The van der Waals surface area contributed by atoms with Gasteiger partial charge in [-0.15, -0.1) is 0 Å². The van der Waals surface area contributed by atoms with Crippen molar-refractivity contribution in [2.24, 2.45) is 0 Å². The van der Waals surface area contributed by atoms with Crippen molar-refractivity contribution in [2.45, 2.75) is 13.0 Å². The number of furan rings is 1. The molecule has 0 aliphatic heterocycles. The number of nitrogens with one attached hydrogen (secondary N) is 1. The van der Waals surface area contributed by atoms with Crippen LogP contribution in [0.5, 0.6) is 0 Å². The lowest BCUT2D eigenvalue weighted by Crippen LogP contribution is -2.08. The van der Waals surface area contributed by atoms with Crippen molar-refractivity contribution in [3.63, 3.8) is 0 Å². The molecule has 1 aromatic heterocycles. The fraction of sp³-hybridized carbons (Fsp3) is 0.286. The standard InChI is InChI=1S/C7H10NO/c1-6(8-2)7-4-3-5-9-7/h3-6,8H,2H2,1H3. The van der Waals surface area contributed by atoms with E-state index in [1.165, 1.54) is 0 Å². The van der Waals surface area contributed by atoms with Gasteiger partial charge in [0.05, 0.1) is 12.3 Å². The zero-order valence-corrected chi connectivity index (χ0v) is 5.42. The summed E-state index contributed by atoms with van der Waals surface area (Å²) < 4.78 is 5.08. The molecule has 1 N–H and O–H groups in total. The van der Waals surface area contributed by atoms with Crippen molar-refractivity contribution < 1.29 is 4.42 Å². The molecule has 0 spiro atoms. The first-order chi connectivity index (χ1) is 4.34. The van der Waals surface area contributed by atoms with Crippen molar-refractivity contribution in [3.8, 4) is 0 Å². The molecule has 1 unspecified atom stereocenters. The number of rotatable bonds is 2. The van der Waals surface area contributed by atoms with Crippen LogP contribution in [0.3, 0.4) is 0 Å². The first kappa shape index (κ1) is 6.36. The Morgan fingerprint density at radius 1 is 1.78 bits per heavy atom. The van der Waals surface area contributed by atoms with Crippen LogP contribution in [-0.4, -0.2) is 0 Å². The molecule has 0 fully saturated rings. The van der Waals surface area contributed by atoms with E-state index >= 15 is 0 Å². The molecular weight excluding hydrogens is 114 g/mol. The Morgan fingerprint density at radius 2 is 2.56 bits per heavy atom. The molecule has 1 radical (unpaired) electrons. The summed E-state index contributed by atoms with van der Waals surface area (Å²) in [5.41, 5.74) is 0. The molecular formula is C7H10NO. The Labute approximate surface area is 54.9 Å². The quantitative estimate of drug-likeness (QED) is 0.649. The molecule has 0 saturated heterocycles. The highest BCUT2D eigenvalue weighted by Crippen LogP contribution is 2.10. The van der Waals surface area contributed by atoms with Gasteiger partial charge in [-0.1, -0.05) is 0 Å². The van der Waals surface area contributed by atoms with Crippen LogP contribution in [0.1, 0.15) is 18.7 Å². The van der Waals surface area contributed by atoms with E-state index in [4.69, 9.17) is 4.42 Å². The summed E-state index contributed by atoms with van der Waals surface area (Å²) in [5.74, 6) is 0.921. The minimum absolute atomic E-state index is 0.208. The molecule has 0 amide bonds. The number of hydrogen-bond acceptors (Lipinski definition) is 2. The van der Waals surface area contributed by atoms with Crippen LogP contribution >= 0.6 is 0 Å². The Kier molecular flexibility index (Phi) is 1.90. The highest BCUT2D eigenvalue weighted by Gasteiger charge is 2.02. The van der Waals surface area contributed by atoms with Crippen LogP contribution in [0.15, 0.2) is 22.8 Å². The van der Waals surface area contributed by atoms with Gasteiger partial charge in [0.15, 0.2) is 0 Å². The molecule has 0 aliphatic rings. The predicted octanol–water partition coefficient (Wildman–Crippen LogP) is 1.72. The monoisotopic (exact) mass is 124 g/mol. The van der Waals surface area contributed by atoms with Gasteiger partial charge in [-0.2, -0.15) is 0 Å². The van der Waals surface area contributed by atoms with Gasteiger partial charge < -0.3 is 9.73 Å². The van der Waals surface area contributed by atoms with E-state index in [0.29, 0.717) is 0 Å². The SMILES string of the molecule is [CH2]NC(C)c1ccco1. The third-order valence-electron chi connectivity index (χ3n) is 1.28. The van der Waals surface area contributed by atoms with Gasteiger partial charge in [0.2, 0.25) is 0 Å². The van der Waals surface area contributed by atoms with Gasteiger partial charge in [-0.05, 0) is 19.1 Å². The van der Waals surface area contributed by atoms with E-state index < -0.39 is 0 Å². The van der Waals surface area contributed by atoms with Crippen LogP contribution in [0, 0.1) is 7.05 Å². The lowest BCUT2D eigenvalue weighted by atomic mass is 10.3. The second-order valence-electron chi connectivity index (χ2n) is 1.94. The molecule has 0 aromatic carbocycles. The van der Waals surface area contributed by atoms with Crippen molar-refractivity contribution in [3.05, 3.63) is 31.2 Å². The summed E-state index contributed by atoms with van der Waals surface area (Å²) in [6, 6.07) is 3.99. The van der Waals surface area contributed by atoms with Crippen LogP contribution in [-0.2, 0) is 0 Å². The Balaban J connectivity index is 2.65. The minimum Gasteiger partial charge on any atom is -0.468 e. The lowest BCUT2D eigenvalue weighted by molar-refractivity contribution is 0.456. The zero-order valence-electron chi connectivity index (χ0n) is 5.42. The molecule has 0 saturated carbocycles. The van der Waals surface area contributed by atoms with Gasteiger partial charge in [-0.25, -0.2) is 0 Å². The fourth-order valence-corrected chi connectivity index (χ4v) is 0.638. The third kappa shape index (κ3) is 1.33. The average molecular weight is 124 g/mol. The summed E-state index contributed by atoms with van der Waals surface area (Å²) in [7, 11) is 3.53. The predicted molar refractivity (Wildman–Crippen MR) is 35.6 cm³/mol. The molecule has 49 valence electrons. The van der Waals surface area contributed by atoms with Gasteiger partial charge in [-0.3, -0.25) is 0 Å². The van der Waals surface area contributed by atoms with E-state index in [2.05, 4.69) is 12.4 Å². The maximum Gasteiger partial charge on any atom is 0.120 e. The summed E-state index contributed by atoms with van der Waals surface area (Å²) in [4.78, 5) is 0. The van der Waals surface area contributed by atoms with Crippen molar-refractivity contribution in [2.75, 3.05) is 0 Å². The molecule has 2 heteroatoms. The van der Waals surface area contributed by atoms with Crippen molar-refractivity contribution in [1.29, 1.82) is 0 Å². The van der Waals surface area contributed by atoms with Gasteiger partial charge >= 0.3 is 0 Å². The van der Waals surface area contributed by atoms with E-state index in [-0.39, 0.29) is 6.04 Å². The zero-order chi connectivity index (χ0) is 6.69. The van der Waals surface area contributed by atoms with E-state index in [1.54, 1.807) is 6.26 Å². The Morgan fingerprint density at radius 3 is 3.00 bits per heavy atom. The smallest absolute Gasteiger partial charge is 0.120 e. The Bertz CT molecular complexity index is 157. The highest BCUT2D eigenvalue weighted by molar-refractivity contribution is 5.02. The largest absolute Gasteiger partial charge is 0.468 e. The topological polar surface area (TPSA) is 25.2 Å². The molecule has 2 nitrogen and oxygen atoms in total. The highest BCUT2D eigenvalue weighted by atomic mass is 16.3. The van der Waals surface area contributed by atoms with Crippen molar-refractivity contribution >= 4 is 0 Å². The van der Waals surface area contributed by atoms with Crippen LogP contribution in [0.2, 0.25) is 0 Å². The van der Waals surface area contributed by atoms with Crippen molar-refractivity contribution in [1.82, 2.24) is 5.32 Å². The van der Waals surface area contributed by atoms with E-state index in [9.17, 15) is 0 Å². The summed E-state index contributed by atoms with van der Waals surface area (Å²) in [6.07, 6.45) is 1.66. The van der Waals surface area contributed by atoms with Gasteiger partial charge in [0, 0.05) is 7.05 Å². The summed E-state index contributed by atoms with van der Waals surface area (Å²) in [5, 5.41) is 2.82. The third-order valence-corrected chi connectivity index (χ3v) is 1.28. The number of hydrogen-bond donors (Lipinski definition) is 1. The molecule has 1 heterocycles. The molecule has 1 rings (SSSR count). The molecule has 1 aromatic rings. The summed E-state index contributed by atoms with van der Waals surface area (Å²) in [6.45, 7) is 1.99. The first-order valence-electron chi connectivity index (χ1n) is 2.90. The van der Waals surface area contributed by atoms with Gasteiger partial charge in [0.1, 0.15) is 5.76 Å². The molecule has 0 aliphatic carbocycles. The maximum absolute atomic E-state index is 5.08. The van der Waals surface area contributed by atoms with E-state index in [0.717, 1.165) is 5.76 Å². The fourth-order valence-electron chi connectivity index (χ4n) is 0.638. The van der Waals surface area contributed by atoms with Gasteiger partial charge in [0.25, 0.3) is 0 Å². The normalized spacial score (nSPS) is 13.6. The molecule has 1 atom stereocenters. The Hall–Kier alpha value is -0.760. The average Bonchev–Trinajstić information content (AvgIpc) is 2.37.